The van der Waals surface area contributed by atoms with Crippen LogP contribution >= 0.6 is 0 Å². The molecule has 4 nitrogen and oxygen atoms in total. The third kappa shape index (κ3) is 2.62. The first-order valence-electron chi connectivity index (χ1n) is 11.0. The summed E-state index contributed by atoms with van der Waals surface area (Å²) in [5.41, 5.74) is -0.369. The van der Waals surface area contributed by atoms with Crippen molar-refractivity contribution in [2.24, 2.45) is 28.6 Å². The van der Waals surface area contributed by atoms with Crippen LogP contribution in [0.15, 0.2) is 0 Å². The number of ether oxygens (including phenoxy) is 1. The summed E-state index contributed by atoms with van der Waals surface area (Å²) >= 11 is 0. The van der Waals surface area contributed by atoms with E-state index in [1.54, 1.807) is 0 Å². The van der Waals surface area contributed by atoms with Gasteiger partial charge in [0.25, 0.3) is 0 Å². The van der Waals surface area contributed by atoms with Crippen LogP contribution in [0.25, 0.3) is 0 Å². The topological polar surface area (TPSA) is 69.9 Å². The molecule has 4 heteroatoms. The fourth-order valence-corrected chi connectivity index (χ4v) is 7.76. The molecule has 1 unspecified atom stereocenters. The van der Waals surface area contributed by atoms with Gasteiger partial charge >= 0.3 is 0 Å². The van der Waals surface area contributed by atoms with Crippen molar-refractivity contribution >= 4 is 0 Å². The number of rotatable bonds is 4. The third-order valence-corrected chi connectivity index (χ3v) is 9.30. The summed E-state index contributed by atoms with van der Waals surface area (Å²) < 4.78 is 6.28. The third-order valence-electron chi connectivity index (χ3n) is 9.30. The highest BCUT2D eigenvalue weighted by Crippen LogP contribution is 2.67. The van der Waals surface area contributed by atoms with E-state index in [-0.39, 0.29) is 29.6 Å². The Morgan fingerprint density at radius 2 is 1.81 bits per heavy atom. The summed E-state index contributed by atoms with van der Waals surface area (Å²) in [4.78, 5) is 0. The smallest absolute Gasteiger partial charge is 0.0731 e. The molecule has 0 radical (unpaired) electrons. The molecule has 4 fully saturated rings. The fourth-order valence-electron chi connectivity index (χ4n) is 7.76. The van der Waals surface area contributed by atoms with E-state index in [0.29, 0.717) is 37.2 Å². The molecule has 4 aliphatic carbocycles. The molecule has 0 bridgehead atoms. The summed E-state index contributed by atoms with van der Waals surface area (Å²) in [6.45, 7) is 5.44. The van der Waals surface area contributed by atoms with Crippen LogP contribution < -0.4 is 0 Å². The molecule has 8 atom stereocenters. The molecule has 4 saturated carbocycles. The average molecular weight is 367 g/mol. The number of aliphatic hydroxyl groups is 3. The fraction of sp³-hybridized carbons (Fsp3) is 1.00. The molecule has 150 valence electrons. The highest BCUT2D eigenvalue weighted by Gasteiger charge is 2.66. The first-order chi connectivity index (χ1) is 12.3. The first-order valence-corrected chi connectivity index (χ1v) is 11.0. The van der Waals surface area contributed by atoms with Gasteiger partial charge in [0.2, 0.25) is 0 Å². The van der Waals surface area contributed by atoms with Gasteiger partial charge in [0.15, 0.2) is 0 Å². The summed E-state index contributed by atoms with van der Waals surface area (Å²) in [6, 6.07) is 0. The van der Waals surface area contributed by atoms with E-state index < -0.39 is 5.60 Å². The minimum absolute atomic E-state index is 0.0389. The van der Waals surface area contributed by atoms with Gasteiger partial charge in [0.05, 0.1) is 17.8 Å². The Hall–Kier alpha value is -0.160. The summed E-state index contributed by atoms with van der Waals surface area (Å²) in [7, 11) is 0. The van der Waals surface area contributed by atoms with E-state index >= 15 is 0 Å². The first kappa shape index (κ1) is 19.2. The van der Waals surface area contributed by atoms with Crippen molar-refractivity contribution in [3.05, 3.63) is 0 Å². The second kappa shape index (κ2) is 6.72. The van der Waals surface area contributed by atoms with Crippen molar-refractivity contribution in [1.29, 1.82) is 0 Å². The van der Waals surface area contributed by atoms with E-state index in [0.717, 1.165) is 38.5 Å². The monoisotopic (exact) mass is 366 g/mol. The minimum Gasteiger partial charge on any atom is -0.396 e. The van der Waals surface area contributed by atoms with Crippen LogP contribution in [0.2, 0.25) is 0 Å². The van der Waals surface area contributed by atoms with Crippen LogP contribution in [-0.2, 0) is 4.74 Å². The van der Waals surface area contributed by atoms with Gasteiger partial charge in [-0.15, -0.1) is 0 Å². The molecular weight excluding hydrogens is 328 g/mol. The summed E-state index contributed by atoms with van der Waals surface area (Å²) in [6.07, 6.45) is 9.83. The SMILES string of the molecule is C[C@]12C(OCCCO)C[C@H](O)C[C@@H]1CC[C@@H]1[C@@H]2CC[C@]2(C)CCC[C@]12O. The Kier molecular flexibility index (Phi) is 4.95. The zero-order chi connectivity index (χ0) is 18.6. The van der Waals surface area contributed by atoms with Crippen LogP contribution in [0, 0.1) is 28.6 Å². The Balaban J connectivity index is 1.64. The van der Waals surface area contributed by atoms with Crippen molar-refractivity contribution in [3.63, 3.8) is 0 Å². The van der Waals surface area contributed by atoms with E-state index in [1.165, 1.54) is 12.8 Å². The van der Waals surface area contributed by atoms with E-state index in [1.807, 2.05) is 0 Å². The molecule has 0 aromatic rings. The van der Waals surface area contributed by atoms with Crippen LogP contribution in [0.3, 0.4) is 0 Å². The molecule has 0 spiro atoms. The van der Waals surface area contributed by atoms with Gasteiger partial charge in [0, 0.05) is 19.6 Å². The molecule has 3 N–H and O–H groups in total. The van der Waals surface area contributed by atoms with Crippen molar-refractivity contribution in [2.75, 3.05) is 13.2 Å². The number of hydrogen-bond donors (Lipinski definition) is 3. The second-order valence-corrected chi connectivity index (χ2v) is 10.3. The lowest BCUT2D eigenvalue weighted by Crippen LogP contribution is -2.64. The van der Waals surface area contributed by atoms with Gasteiger partial charge in [-0.3, -0.25) is 0 Å². The van der Waals surface area contributed by atoms with E-state index in [4.69, 9.17) is 9.84 Å². The maximum atomic E-state index is 11.8. The molecular formula is C22H38O4. The molecule has 4 rings (SSSR count). The summed E-state index contributed by atoms with van der Waals surface area (Å²) in [5, 5.41) is 31.4. The highest BCUT2D eigenvalue weighted by molar-refractivity contribution is 5.16. The molecule has 0 heterocycles. The predicted octanol–water partition coefficient (Wildman–Crippen LogP) is 3.27. The van der Waals surface area contributed by atoms with Gasteiger partial charge in [-0.05, 0) is 86.4 Å². The van der Waals surface area contributed by atoms with Crippen molar-refractivity contribution in [1.82, 2.24) is 0 Å². The van der Waals surface area contributed by atoms with E-state index in [9.17, 15) is 10.2 Å². The average Bonchev–Trinajstić information content (AvgIpc) is 2.91. The van der Waals surface area contributed by atoms with Crippen molar-refractivity contribution in [2.45, 2.75) is 95.9 Å². The predicted molar refractivity (Wildman–Crippen MR) is 101 cm³/mol. The Morgan fingerprint density at radius 1 is 1.00 bits per heavy atom. The zero-order valence-electron chi connectivity index (χ0n) is 16.6. The number of hydrogen-bond acceptors (Lipinski definition) is 4. The van der Waals surface area contributed by atoms with Crippen molar-refractivity contribution in [3.8, 4) is 0 Å². The lowest BCUT2D eigenvalue weighted by atomic mass is 9.43. The lowest BCUT2D eigenvalue weighted by Gasteiger charge is -2.64. The molecule has 0 aromatic carbocycles. The maximum absolute atomic E-state index is 11.8. The number of aliphatic hydroxyl groups excluding tert-OH is 2. The van der Waals surface area contributed by atoms with Gasteiger partial charge in [-0.1, -0.05) is 13.8 Å². The second-order valence-electron chi connectivity index (χ2n) is 10.3. The highest BCUT2D eigenvalue weighted by atomic mass is 16.5. The maximum Gasteiger partial charge on any atom is 0.0731 e. The molecule has 0 aromatic heterocycles. The molecule has 0 aliphatic heterocycles. The molecule has 26 heavy (non-hydrogen) atoms. The van der Waals surface area contributed by atoms with Gasteiger partial charge in [-0.2, -0.15) is 0 Å². The van der Waals surface area contributed by atoms with Gasteiger partial charge in [-0.25, -0.2) is 0 Å². The largest absolute Gasteiger partial charge is 0.396 e. The Bertz CT molecular complexity index is 524. The molecule has 4 aliphatic rings. The van der Waals surface area contributed by atoms with Crippen LogP contribution in [0.5, 0.6) is 0 Å². The Labute approximate surface area is 158 Å². The van der Waals surface area contributed by atoms with Gasteiger partial charge in [0.1, 0.15) is 0 Å². The summed E-state index contributed by atoms with van der Waals surface area (Å²) in [5.74, 6) is 1.36. The van der Waals surface area contributed by atoms with Gasteiger partial charge < -0.3 is 20.1 Å². The number of fused-ring (bicyclic) bond motifs is 5. The zero-order valence-corrected chi connectivity index (χ0v) is 16.6. The minimum atomic E-state index is -0.504. The lowest BCUT2D eigenvalue weighted by molar-refractivity contribution is -0.235. The van der Waals surface area contributed by atoms with Crippen LogP contribution in [0.4, 0.5) is 0 Å². The van der Waals surface area contributed by atoms with Crippen LogP contribution in [0.1, 0.15) is 78.1 Å². The molecule has 0 saturated heterocycles. The Morgan fingerprint density at radius 3 is 2.58 bits per heavy atom. The molecule has 0 amide bonds. The van der Waals surface area contributed by atoms with E-state index in [2.05, 4.69) is 13.8 Å². The quantitative estimate of drug-likeness (QED) is 0.668. The van der Waals surface area contributed by atoms with Crippen LogP contribution in [-0.4, -0.2) is 46.3 Å². The van der Waals surface area contributed by atoms with Crippen molar-refractivity contribution < 1.29 is 20.1 Å². The standard InChI is InChI=1S/C22H38O4/c1-20-8-3-9-22(20,25)18-6-5-15-13-16(24)14-19(26-12-4-11-23)21(15,2)17(18)7-10-20/h15-19,23-25H,3-14H2,1-2H3/t15-,16+,17-,18+,19?,20-,21-,22-/m0/s1. The normalized spacial score (nSPS) is 53.7.